The number of likely N-dealkylation sites (N-methyl/N-ethyl adjacent to an activating group) is 1. The van der Waals surface area contributed by atoms with Gasteiger partial charge in [0.15, 0.2) is 0 Å². The van der Waals surface area contributed by atoms with Gasteiger partial charge in [-0.1, -0.05) is 13.8 Å². The van der Waals surface area contributed by atoms with Crippen LogP contribution in [0, 0.1) is 6.92 Å². The van der Waals surface area contributed by atoms with Gasteiger partial charge in [0.1, 0.15) is 0 Å². The third-order valence-corrected chi connectivity index (χ3v) is 3.94. The van der Waals surface area contributed by atoms with Crippen molar-refractivity contribution in [2.75, 3.05) is 38.1 Å². The Morgan fingerprint density at radius 3 is 2.22 bits per heavy atom. The summed E-state index contributed by atoms with van der Waals surface area (Å²) in [5.41, 5.74) is 2.81. The molecule has 0 bridgehead atoms. The first kappa shape index (κ1) is 17.2. The Morgan fingerprint density at radius 2 is 1.61 bits per heavy atom. The van der Waals surface area contributed by atoms with Crippen LogP contribution in [0.4, 0.5) is 5.69 Å². The lowest BCUT2D eigenvalue weighted by atomic mass is 10.2. The van der Waals surface area contributed by atoms with Crippen LogP contribution in [0.2, 0.25) is 0 Å². The molecule has 23 heavy (non-hydrogen) atoms. The fraction of sp³-hybridized carbons (Fsp3) is 0.444. The largest absolute Gasteiger partial charge is 0.368 e. The van der Waals surface area contributed by atoms with Gasteiger partial charge in [-0.15, -0.1) is 0 Å². The van der Waals surface area contributed by atoms with Crippen molar-refractivity contribution < 1.29 is 0 Å². The molecule has 0 saturated carbocycles. The molecular weight excluding hydrogens is 288 g/mol. The number of piperazine rings is 1. The number of anilines is 1. The Kier molecular flexibility index (Phi) is 5.93. The van der Waals surface area contributed by atoms with E-state index in [4.69, 9.17) is 0 Å². The first-order valence-corrected chi connectivity index (χ1v) is 8.23. The van der Waals surface area contributed by atoms with E-state index in [0.29, 0.717) is 0 Å². The minimum Gasteiger partial charge on any atom is -0.368 e. The Hall–Kier alpha value is -2.14. The molecule has 0 aliphatic carbocycles. The van der Waals surface area contributed by atoms with E-state index in [1.807, 2.05) is 45.2 Å². The third kappa shape index (κ3) is 4.20. The molecule has 124 valence electrons. The van der Waals surface area contributed by atoms with Crippen molar-refractivity contribution in [3.05, 3.63) is 52.7 Å². The molecule has 0 amide bonds. The van der Waals surface area contributed by atoms with E-state index in [1.54, 1.807) is 16.8 Å². The second kappa shape index (κ2) is 7.92. The average molecular weight is 314 g/mol. The van der Waals surface area contributed by atoms with Crippen LogP contribution in [0.1, 0.15) is 19.5 Å². The second-order valence-corrected chi connectivity index (χ2v) is 5.54. The summed E-state index contributed by atoms with van der Waals surface area (Å²) in [6.45, 7) is 10.0. The zero-order chi connectivity index (χ0) is 16.8. The van der Waals surface area contributed by atoms with Crippen molar-refractivity contribution in [3.8, 4) is 5.69 Å². The molecule has 1 aliphatic rings. The topological polar surface area (TPSA) is 41.4 Å². The number of nitrogens with zero attached hydrogens (tertiary/aromatic N) is 4. The molecule has 3 rings (SSSR count). The molecule has 2 aromatic heterocycles. The summed E-state index contributed by atoms with van der Waals surface area (Å²) in [4.78, 5) is 21.0. The van der Waals surface area contributed by atoms with E-state index >= 15 is 0 Å². The molecule has 0 aromatic carbocycles. The normalized spacial score (nSPS) is 15.0. The third-order valence-electron chi connectivity index (χ3n) is 3.94. The van der Waals surface area contributed by atoms with Crippen molar-refractivity contribution in [1.82, 2.24) is 14.5 Å². The van der Waals surface area contributed by atoms with Crippen LogP contribution in [0.25, 0.3) is 5.69 Å². The Balaban J connectivity index is 0.000000924. The average Bonchev–Trinajstić information content (AvgIpc) is 2.59. The molecule has 1 aliphatic heterocycles. The fourth-order valence-corrected chi connectivity index (χ4v) is 2.53. The number of hydrogen-bond acceptors (Lipinski definition) is 4. The number of rotatable bonds is 2. The van der Waals surface area contributed by atoms with Crippen LogP contribution in [0.15, 0.2) is 41.5 Å². The minimum absolute atomic E-state index is 0.0291. The van der Waals surface area contributed by atoms with Gasteiger partial charge in [0.25, 0.3) is 5.56 Å². The van der Waals surface area contributed by atoms with Crippen LogP contribution in [0.3, 0.4) is 0 Å². The minimum atomic E-state index is -0.0291. The highest BCUT2D eigenvalue weighted by atomic mass is 16.1. The molecule has 1 saturated heterocycles. The number of hydrogen-bond donors (Lipinski definition) is 0. The monoisotopic (exact) mass is 314 g/mol. The molecular formula is C18H26N4O. The van der Waals surface area contributed by atoms with Gasteiger partial charge in [-0.25, -0.2) is 0 Å². The SMILES string of the molecule is CC.Cc1ccc(-n2cc(N3CCN(C)CC3)ccc2=O)cn1. The van der Waals surface area contributed by atoms with Gasteiger partial charge in [0.05, 0.1) is 17.6 Å². The summed E-state index contributed by atoms with van der Waals surface area (Å²) >= 11 is 0. The van der Waals surface area contributed by atoms with Gasteiger partial charge in [-0.3, -0.25) is 14.3 Å². The van der Waals surface area contributed by atoms with Crippen LogP contribution in [-0.4, -0.2) is 47.7 Å². The zero-order valence-electron chi connectivity index (χ0n) is 14.5. The van der Waals surface area contributed by atoms with Crippen molar-refractivity contribution >= 4 is 5.69 Å². The maximum atomic E-state index is 12.1. The number of aromatic nitrogens is 2. The van der Waals surface area contributed by atoms with E-state index in [-0.39, 0.29) is 5.56 Å². The van der Waals surface area contributed by atoms with Crippen molar-refractivity contribution in [2.45, 2.75) is 20.8 Å². The first-order chi connectivity index (χ1) is 11.1. The van der Waals surface area contributed by atoms with E-state index in [1.165, 1.54) is 0 Å². The Labute approximate surface area is 138 Å². The Morgan fingerprint density at radius 1 is 0.957 bits per heavy atom. The summed E-state index contributed by atoms with van der Waals surface area (Å²) < 4.78 is 1.67. The van der Waals surface area contributed by atoms with Crippen molar-refractivity contribution in [1.29, 1.82) is 0 Å². The molecule has 0 spiro atoms. The molecule has 0 radical (unpaired) electrons. The van der Waals surface area contributed by atoms with Crippen LogP contribution in [-0.2, 0) is 0 Å². The van der Waals surface area contributed by atoms with Crippen molar-refractivity contribution in [3.63, 3.8) is 0 Å². The van der Waals surface area contributed by atoms with Gasteiger partial charge in [-0.05, 0) is 32.2 Å². The molecule has 0 N–H and O–H groups in total. The summed E-state index contributed by atoms with van der Waals surface area (Å²) in [7, 11) is 2.14. The first-order valence-electron chi connectivity index (χ1n) is 8.23. The van der Waals surface area contributed by atoms with E-state index < -0.39 is 0 Å². The fourth-order valence-electron chi connectivity index (χ4n) is 2.53. The predicted octanol–water partition coefficient (Wildman–Crippen LogP) is 2.32. The second-order valence-electron chi connectivity index (χ2n) is 5.54. The number of pyridine rings is 2. The maximum absolute atomic E-state index is 12.1. The molecule has 0 atom stereocenters. The quantitative estimate of drug-likeness (QED) is 0.853. The van der Waals surface area contributed by atoms with Gasteiger partial charge < -0.3 is 9.80 Å². The van der Waals surface area contributed by atoms with Crippen LogP contribution in [0.5, 0.6) is 0 Å². The van der Waals surface area contributed by atoms with Crippen molar-refractivity contribution in [2.24, 2.45) is 0 Å². The summed E-state index contributed by atoms with van der Waals surface area (Å²) in [6.07, 6.45) is 3.66. The predicted molar refractivity (Wildman–Crippen MR) is 95.6 cm³/mol. The van der Waals surface area contributed by atoms with Gasteiger partial charge in [-0.2, -0.15) is 0 Å². The summed E-state index contributed by atoms with van der Waals surface area (Å²) in [5, 5.41) is 0. The van der Waals surface area contributed by atoms with Crippen LogP contribution >= 0.6 is 0 Å². The molecule has 3 heterocycles. The molecule has 5 heteroatoms. The maximum Gasteiger partial charge on any atom is 0.255 e. The lowest BCUT2D eigenvalue weighted by molar-refractivity contribution is 0.312. The summed E-state index contributed by atoms with van der Waals surface area (Å²) in [6, 6.07) is 7.39. The molecule has 5 nitrogen and oxygen atoms in total. The van der Waals surface area contributed by atoms with E-state index in [2.05, 4.69) is 21.8 Å². The van der Waals surface area contributed by atoms with Crippen LogP contribution < -0.4 is 10.5 Å². The standard InChI is InChI=1S/C16H20N4O.C2H6/c1-13-3-4-14(11-17-13)20-12-15(5-6-16(20)21)19-9-7-18(2)8-10-19;1-2/h3-6,11-12H,7-10H2,1-2H3;1-2H3. The number of aryl methyl sites for hydroxylation is 1. The van der Waals surface area contributed by atoms with Gasteiger partial charge >= 0.3 is 0 Å². The molecule has 0 unspecified atom stereocenters. The Bertz CT molecular complexity index is 670. The van der Waals surface area contributed by atoms with Gasteiger partial charge in [0.2, 0.25) is 0 Å². The highest BCUT2D eigenvalue weighted by molar-refractivity contribution is 5.47. The summed E-state index contributed by atoms with van der Waals surface area (Å²) in [5.74, 6) is 0. The van der Waals surface area contributed by atoms with Gasteiger partial charge in [0, 0.05) is 44.1 Å². The van der Waals surface area contributed by atoms with E-state index in [9.17, 15) is 4.79 Å². The molecule has 2 aromatic rings. The molecule has 1 fully saturated rings. The highest BCUT2D eigenvalue weighted by Gasteiger charge is 2.15. The smallest absolute Gasteiger partial charge is 0.255 e. The highest BCUT2D eigenvalue weighted by Crippen LogP contribution is 2.16. The zero-order valence-corrected chi connectivity index (χ0v) is 14.5. The van der Waals surface area contributed by atoms with E-state index in [0.717, 1.165) is 43.2 Å². The lowest BCUT2D eigenvalue weighted by Gasteiger charge is -2.34. The lowest BCUT2D eigenvalue weighted by Crippen LogP contribution is -2.44.